The van der Waals surface area contributed by atoms with E-state index in [2.05, 4.69) is 0 Å². The number of carboxylic acid groups (broad SMARTS) is 1. The van der Waals surface area contributed by atoms with Crippen molar-refractivity contribution < 1.29 is 15.0 Å². The summed E-state index contributed by atoms with van der Waals surface area (Å²) in [5, 5.41) is 17.8. The molecule has 4 nitrogen and oxygen atoms in total. The molecule has 4 N–H and O–H groups in total. The van der Waals surface area contributed by atoms with Crippen LogP contribution < -0.4 is 5.73 Å². The van der Waals surface area contributed by atoms with Crippen LogP contribution in [0.2, 0.25) is 0 Å². The van der Waals surface area contributed by atoms with Gasteiger partial charge in [0.1, 0.15) is 0 Å². The number of rotatable bonds is 1. The lowest BCUT2D eigenvalue weighted by molar-refractivity contribution is -0.144. The minimum atomic E-state index is -0.823. The van der Waals surface area contributed by atoms with Crippen LogP contribution in [0.5, 0.6) is 0 Å². The fourth-order valence-corrected chi connectivity index (χ4v) is 1.39. The Balaban J connectivity index is 2.46. The van der Waals surface area contributed by atoms with Crippen LogP contribution in [-0.2, 0) is 4.79 Å². The monoisotopic (exact) mass is 159 g/mol. The fourth-order valence-electron chi connectivity index (χ4n) is 1.39. The third-order valence-corrected chi connectivity index (χ3v) is 2.22. The van der Waals surface area contributed by atoms with E-state index in [0.29, 0.717) is 19.3 Å². The Labute approximate surface area is 65.0 Å². The van der Waals surface area contributed by atoms with Crippen molar-refractivity contribution in [2.24, 2.45) is 11.7 Å². The number of hydrogen-bond donors (Lipinski definition) is 3. The minimum absolute atomic E-state index is 0.231. The second-order valence-corrected chi connectivity index (χ2v) is 3.08. The second-order valence-electron chi connectivity index (χ2n) is 3.08. The van der Waals surface area contributed by atoms with Gasteiger partial charge < -0.3 is 15.9 Å². The highest BCUT2D eigenvalue weighted by Crippen LogP contribution is 2.23. The topological polar surface area (TPSA) is 83.6 Å². The summed E-state index contributed by atoms with van der Waals surface area (Å²) in [5.41, 5.74) is 5.50. The van der Waals surface area contributed by atoms with Crippen molar-refractivity contribution in [1.82, 2.24) is 0 Å². The Morgan fingerprint density at radius 3 is 2.55 bits per heavy atom. The predicted molar refractivity (Wildman–Crippen MR) is 39.0 cm³/mol. The smallest absolute Gasteiger partial charge is 0.306 e. The largest absolute Gasteiger partial charge is 0.481 e. The average Bonchev–Trinajstić information content (AvgIpc) is 1.94. The number of aliphatic hydroxyl groups excluding tert-OH is 1. The molecule has 1 aliphatic carbocycles. The van der Waals surface area contributed by atoms with Gasteiger partial charge in [-0.2, -0.15) is 0 Å². The molecule has 4 heteroatoms. The second kappa shape index (κ2) is 3.19. The summed E-state index contributed by atoms with van der Waals surface area (Å²) in [4.78, 5) is 10.5. The van der Waals surface area contributed by atoms with E-state index < -0.39 is 18.0 Å². The molecule has 0 radical (unpaired) electrons. The van der Waals surface area contributed by atoms with Gasteiger partial charge in [0.15, 0.2) is 0 Å². The molecule has 1 aliphatic rings. The van der Waals surface area contributed by atoms with Crippen molar-refractivity contribution in [2.75, 3.05) is 0 Å². The molecule has 1 saturated carbocycles. The van der Waals surface area contributed by atoms with Gasteiger partial charge in [-0.1, -0.05) is 0 Å². The van der Waals surface area contributed by atoms with E-state index in [1.54, 1.807) is 0 Å². The number of nitrogens with two attached hydrogens (primary N) is 1. The SMILES string of the molecule is N[C@H]1CC[C@H](C(=O)O)C[C@H]1O. The molecule has 0 unspecified atom stereocenters. The number of hydrogen-bond acceptors (Lipinski definition) is 3. The molecule has 0 aromatic heterocycles. The molecule has 0 bridgehead atoms. The zero-order chi connectivity index (χ0) is 8.43. The summed E-state index contributed by atoms with van der Waals surface area (Å²) in [5.74, 6) is -1.22. The van der Waals surface area contributed by atoms with Gasteiger partial charge in [-0.05, 0) is 19.3 Å². The molecule has 11 heavy (non-hydrogen) atoms. The first kappa shape index (κ1) is 8.49. The van der Waals surface area contributed by atoms with Crippen molar-refractivity contribution in [1.29, 1.82) is 0 Å². The van der Waals surface area contributed by atoms with E-state index >= 15 is 0 Å². The summed E-state index contributed by atoms with van der Waals surface area (Å²) < 4.78 is 0. The lowest BCUT2D eigenvalue weighted by atomic mass is 9.84. The Morgan fingerprint density at radius 2 is 2.09 bits per heavy atom. The molecule has 0 spiro atoms. The summed E-state index contributed by atoms with van der Waals surface area (Å²) in [6, 6.07) is -0.231. The van der Waals surface area contributed by atoms with Crippen molar-refractivity contribution >= 4 is 5.97 Å². The van der Waals surface area contributed by atoms with Crippen LogP contribution in [-0.4, -0.2) is 28.3 Å². The van der Waals surface area contributed by atoms with E-state index in [1.807, 2.05) is 0 Å². The summed E-state index contributed by atoms with van der Waals surface area (Å²) in [6.45, 7) is 0. The van der Waals surface area contributed by atoms with Crippen molar-refractivity contribution in [3.8, 4) is 0 Å². The maximum Gasteiger partial charge on any atom is 0.306 e. The fraction of sp³-hybridized carbons (Fsp3) is 0.857. The van der Waals surface area contributed by atoms with Crippen LogP contribution >= 0.6 is 0 Å². The minimum Gasteiger partial charge on any atom is -0.481 e. The van der Waals surface area contributed by atoms with Crippen molar-refractivity contribution in [3.05, 3.63) is 0 Å². The van der Waals surface area contributed by atoms with Gasteiger partial charge >= 0.3 is 5.97 Å². The maximum atomic E-state index is 10.5. The molecule has 0 heterocycles. The quantitative estimate of drug-likeness (QED) is 0.484. The normalized spacial score (nSPS) is 38.5. The Bertz CT molecular complexity index is 160. The molecular weight excluding hydrogens is 146 g/mol. The molecule has 0 saturated heterocycles. The van der Waals surface area contributed by atoms with Crippen LogP contribution in [0.15, 0.2) is 0 Å². The van der Waals surface area contributed by atoms with Crippen LogP contribution in [0.4, 0.5) is 0 Å². The third-order valence-electron chi connectivity index (χ3n) is 2.22. The first-order valence-corrected chi connectivity index (χ1v) is 3.77. The van der Waals surface area contributed by atoms with E-state index in [4.69, 9.17) is 10.8 Å². The highest BCUT2D eigenvalue weighted by molar-refractivity contribution is 5.70. The van der Waals surface area contributed by atoms with E-state index in [9.17, 15) is 9.90 Å². The van der Waals surface area contributed by atoms with Gasteiger partial charge in [0.2, 0.25) is 0 Å². The average molecular weight is 159 g/mol. The van der Waals surface area contributed by atoms with Crippen LogP contribution in [0.25, 0.3) is 0 Å². The standard InChI is InChI=1S/C7H13NO3/c8-5-2-1-4(7(10)11)3-6(5)9/h4-6,9H,1-3,8H2,(H,10,11)/t4-,5-,6+/m0/s1. The Kier molecular flexibility index (Phi) is 2.46. The Morgan fingerprint density at radius 1 is 1.45 bits per heavy atom. The lowest BCUT2D eigenvalue weighted by Crippen LogP contribution is -2.41. The van der Waals surface area contributed by atoms with E-state index in [-0.39, 0.29) is 6.04 Å². The van der Waals surface area contributed by atoms with Gasteiger partial charge in [-0.15, -0.1) is 0 Å². The van der Waals surface area contributed by atoms with Crippen molar-refractivity contribution in [2.45, 2.75) is 31.4 Å². The molecule has 0 amide bonds. The molecule has 0 aromatic rings. The number of aliphatic hydroxyl groups is 1. The van der Waals surface area contributed by atoms with Crippen LogP contribution in [0, 0.1) is 5.92 Å². The van der Waals surface area contributed by atoms with Gasteiger partial charge in [-0.25, -0.2) is 0 Å². The predicted octanol–water partition coefficient (Wildman–Crippen LogP) is -0.441. The van der Waals surface area contributed by atoms with Gasteiger partial charge in [0.05, 0.1) is 12.0 Å². The number of carboxylic acids is 1. The molecule has 1 rings (SSSR count). The van der Waals surface area contributed by atoms with Gasteiger partial charge in [-0.3, -0.25) is 4.79 Å². The third kappa shape index (κ3) is 1.91. The number of carbonyl (C=O) groups is 1. The molecule has 3 atom stereocenters. The molecule has 0 aliphatic heterocycles. The highest BCUT2D eigenvalue weighted by Gasteiger charge is 2.30. The van der Waals surface area contributed by atoms with Crippen LogP contribution in [0.3, 0.4) is 0 Å². The van der Waals surface area contributed by atoms with Crippen molar-refractivity contribution in [3.63, 3.8) is 0 Å². The number of aliphatic carboxylic acids is 1. The molecular formula is C7H13NO3. The molecule has 0 aromatic carbocycles. The first-order chi connectivity index (χ1) is 5.11. The molecule has 64 valence electrons. The molecule has 1 fully saturated rings. The maximum absolute atomic E-state index is 10.5. The van der Waals surface area contributed by atoms with Gasteiger partial charge in [0.25, 0.3) is 0 Å². The summed E-state index contributed by atoms with van der Waals surface area (Å²) in [6.07, 6.45) is 0.868. The highest BCUT2D eigenvalue weighted by atomic mass is 16.4. The Hall–Kier alpha value is -0.610. The van der Waals surface area contributed by atoms with Crippen LogP contribution in [0.1, 0.15) is 19.3 Å². The zero-order valence-corrected chi connectivity index (χ0v) is 6.23. The van der Waals surface area contributed by atoms with E-state index in [0.717, 1.165) is 0 Å². The zero-order valence-electron chi connectivity index (χ0n) is 6.23. The van der Waals surface area contributed by atoms with E-state index in [1.165, 1.54) is 0 Å². The lowest BCUT2D eigenvalue weighted by Gasteiger charge is -2.28. The summed E-state index contributed by atoms with van der Waals surface area (Å²) >= 11 is 0. The summed E-state index contributed by atoms with van der Waals surface area (Å²) in [7, 11) is 0. The first-order valence-electron chi connectivity index (χ1n) is 3.77. The van der Waals surface area contributed by atoms with Gasteiger partial charge in [0, 0.05) is 6.04 Å².